The maximum absolute atomic E-state index is 10.8. The van der Waals surface area contributed by atoms with E-state index in [1.54, 1.807) is 6.92 Å². The van der Waals surface area contributed by atoms with E-state index in [-0.39, 0.29) is 5.92 Å². The minimum Gasteiger partial charge on any atom is -0.390 e. The first-order valence-electron chi connectivity index (χ1n) is 8.19. The molecule has 4 rings (SSSR count). The van der Waals surface area contributed by atoms with Crippen LogP contribution in [0.4, 0.5) is 0 Å². The van der Waals surface area contributed by atoms with E-state index in [0.717, 1.165) is 0 Å². The van der Waals surface area contributed by atoms with Crippen LogP contribution in [0.5, 0.6) is 0 Å². The fourth-order valence-electron chi connectivity index (χ4n) is 5.89. The van der Waals surface area contributed by atoms with Crippen LogP contribution >= 0.6 is 0 Å². The summed E-state index contributed by atoms with van der Waals surface area (Å²) in [4.78, 5) is 0. The topological polar surface area (TPSA) is 121 Å². The maximum atomic E-state index is 10.8. The van der Waals surface area contributed by atoms with Gasteiger partial charge in [0.25, 0.3) is 0 Å². The molecular weight excluding hydrogens is 288 g/mol. The molecule has 0 aromatic heterocycles. The van der Waals surface area contributed by atoms with Crippen molar-refractivity contribution in [3.8, 4) is 0 Å². The van der Waals surface area contributed by atoms with Crippen LogP contribution in [0.2, 0.25) is 0 Å². The van der Waals surface area contributed by atoms with Crippen LogP contribution in [0.3, 0.4) is 0 Å². The fourth-order valence-corrected chi connectivity index (χ4v) is 5.89. The molecule has 6 N–H and O–H groups in total. The number of aliphatic hydroxyl groups excluding tert-OH is 6. The lowest BCUT2D eigenvalue weighted by Crippen LogP contribution is -2.77. The summed E-state index contributed by atoms with van der Waals surface area (Å²) in [6.45, 7) is 5.65. The third-order valence-electron chi connectivity index (χ3n) is 7.25. The summed E-state index contributed by atoms with van der Waals surface area (Å²) in [5, 5.41) is 62.7. The molecule has 0 aromatic rings. The standard InChI is InChI=1S/C16H28O6/c1-6(2)16-5-4-15(3,13(21)14(16)22)7-8(16)10(18)12(20)11(19)9(7)17/h6-14,17-22H,4-5H2,1-3H3/t7?,8?,9-,10+,11+,12-,13+,14-,15+,16+/m1/s1. The summed E-state index contributed by atoms with van der Waals surface area (Å²) in [7, 11) is 0. The summed E-state index contributed by atoms with van der Waals surface area (Å²) < 4.78 is 0. The Balaban J connectivity index is 2.18. The minimum atomic E-state index is -1.45. The molecule has 0 aromatic carbocycles. The van der Waals surface area contributed by atoms with Gasteiger partial charge in [-0.3, -0.25) is 0 Å². The molecule has 0 spiro atoms. The van der Waals surface area contributed by atoms with E-state index >= 15 is 0 Å². The Labute approximate surface area is 130 Å². The molecule has 4 fully saturated rings. The second-order valence-electron chi connectivity index (χ2n) is 8.18. The number of hydrogen-bond acceptors (Lipinski definition) is 6. The Morgan fingerprint density at radius 3 is 1.73 bits per heavy atom. The molecule has 4 aliphatic rings. The highest BCUT2D eigenvalue weighted by Gasteiger charge is 2.73. The van der Waals surface area contributed by atoms with Gasteiger partial charge >= 0.3 is 0 Å². The van der Waals surface area contributed by atoms with E-state index in [1.165, 1.54) is 0 Å². The molecule has 6 heteroatoms. The van der Waals surface area contributed by atoms with Crippen molar-refractivity contribution >= 4 is 0 Å². The highest BCUT2D eigenvalue weighted by molar-refractivity contribution is 5.21. The maximum Gasteiger partial charge on any atom is 0.109 e. The van der Waals surface area contributed by atoms with Gasteiger partial charge < -0.3 is 30.6 Å². The van der Waals surface area contributed by atoms with Crippen molar-refractivity contribution in [2.24, 2.45) is 28.6 Å². The van der Waals surface area contributed by atoms with Gasteiger partial charge in [-0.1, -0.05) is 20.8 Å². The molecule has 4 saturated carbocycles. The van der Waals surface area contributed by atoms with E-state index in [9.17, 15) is 30.6 Å². The first-order chi connectivity index (χ1) is 10.1. The van der Waals surface area contributed by atoms with Crippen LogP contribution in [0.25, 0.3) is 0 Å². The molecule has 4 aliphatic carbocycles. The van der Waals surface area contributed by atoms with Gasteiger partial charge in [0.15, 0.2) is 0 Å². The Hall–Kier alpha value is -0.240. The molecular formula is C16H28O6. The van der Waals surface area contributed by atoms with Crippen LogP contribution in [0.1, 0.15) is 33.6 Å². The van der Waals surface area contributed by atoms with Crippen molar-refractivity contribution in [2.75, 3.05) is 0 Å². The number of aliphatic hydroxyl groups is 6. The highest BCUT2D eigenvalue weighted by Crippen LogP contribution is 2.68. The predicted octanol–water partition coefficient (Wildman–Crippen LogP) is -1.15. The smallest absolute Gasteiger partial charge is 0.109 e. The molecule has 2 unspecified atom stereocenters. The predicted molar refractivity (Wildman–Crippen MR) is 77.6 cm³/mol. The normalized spacial score (nSPS) is 61.4. The molecule has 10 atom stereocenters. The third kappa shape index (κ3) is 1.66. The Morgan fingerprint density at radius 1 is 0.727 bits per heavy atom. The first kappa shape index (κ1) is 16.6. The Kier molecular flexibility index (Phi) is 3.68. The lowest BCUT2D eigenvalue weighted by molar-refractivity contribution is -0.332. The Bertz CT molecular complexity index is 456. The molecule has 0 amide bonds. The van der Waals surface area contributed by atoms with Gasteiger partial charge in [-0.25, -0.2) is 0 Å². The number of rotatable bonds is 1. The van der Waals surface area contributed by atoms with Crippen LogP contribution in [0.15, 0.2) is 0 Å². The van der Waals surface area contributed by atoms with Crippen molar-refractivity contribution in [3.63, 3.8) is 0 Å². The van der Waals surface area contributed by atoms with Gasteiger partial charge in [-0.2, -0.15) is 0 Å². The fraction of sp³-hybridized carbons (Fsp3) is 1.00. The average Bonchev–Trinajstić information content (AvgIpc) is 2.47. The van der Waals surface area contributed by atoms with E-state index < -0.39 is 59.3 Å². The largest absolute Gasteiger partial charge is 0.390 e. The minimum absolute atomic E-state index is 0.0428. The first-order valence-corrected chi connectivity index (χ1v) is 8.19. The van der Waals surface area contributed by atoms with Crippen molar-refractivity contribution in [3.05, 3.63) is 0 Å². The highest BCUT2D eigenvalue weighted by atomic mass is 16.4. The zero-order valence-corrected chi connectivity index (χ0v) is 13.3. The SMILES string of the molecule is CC(C)[C@@]12CC[C@@](C)(C3C1[C@H](O)[C@@H](O)[C@@H](O)[C@@H]3O)[C@@H](O)[C@H]2O. The van der Waals surface area contributed by atoms with Gasteiger partial charge in [-0.15, -0.1) is 0 Å². The average molecular weight is 316 g/mol. The summed E-state index contributed by atoms with van der Waals surface area (Å²) in [5.74, 6) is -1.16. The molecule has 128 valence electrons. The van der Waals surface area contributed by atoms with E-state index in [2.05, 4.69) is 0 Å². The van der Waals surface area contributed by atoms with Gasteiger partial charge in [0.05, 0.1) is 24.4 Å². The van der Waals surface area contributed by atoms with Gasteiger partial charge in [0.2, 0.25) is 0 Å². The van der Waals surface area contributed by atoms with Crippen LogP contribution in [-0.4, -0.2) is 67.3 Å². The van der Waals surface area contributed by atoms with Gasteiger partial charge in [-0.05, 0) is 18.8 Å². The van der Waals surface area contributed by atoms with Crippen LogP contribution in [0, 0.1) is 28.6 Å². The monoisotopic (exact) mass is 316 g/mol. The summed E-state index contributed by atoms with van der Waals surface area (Å²) in [6, 6.07) is 0. The molecule has 0 saturated heterocycles. The lowest BCUT2D eigenvalue weighted by atomic mass is 9.37. The van der Waals surface area contributed by atoms with Gasteiger partial charge in [0.1, 0.15) is 12.2 Å². The summed E-state index contributed by atoms with van der Waals surface area (Å²) in [5.41, 5.74) is -1.56. The zero-order chi connectivity index (χ0) is 16.6. The Morgan fingerprint density at radius 2 is 1.23 bits per heavy atom. The quantitative estimate of drug-likeness (QED) is 0.363. The lowest BCUT2D eigenvalue weighted by Gasteiger charge is -2.70. The number of hydrogen-bond donors (Lipinski definition) is 6. The summed E-state index contributed by atoms with van der Waals surface area (Å²) >= 11 is 0. The molecule has 0 heterocycles. The molecule has 2 bridgehead atoms. The van der Waals surface area contributed by atoms with Crippen molar-refractivity contribution < 1.29 is 30.6 Å². The van der Waals surface area contributed by atoms with E-state index in [0.29, 0.717) is 12.8 Å². The molecule has 6 nitrogen and oxygen atoms in total. The van der Waals surface area contributed by atoms with Gasteiger partial charge in [0, 0.05) is 22.7 Å². The second-order valence-corrected chi connectivity index (χ2v) is 8.18. The third-order valence-corrected chi connectivity index (χ3v) is 7.25. The molecule has 0 aliphatic heterocycles. The summed E-state index contributed by atoms with van der Waals surface area (Å²) in [6.07, 6.45) is -6.16. The van der Waals surface area contributed by atoms with E-state index in [1.807, 2.05) is 13.8 Å². The molecule has 0 radical (unpaired) electrons. The molecule has 22 heavy (non-hydrogen) atoms. The zero-order valence-electron chi connectivity index (χ0n) is 13.3. The second kappa shape index (κ2) is 4.88. The van der Waals surface area contributed by atoms with Crippen molar-refractivity contribution in [1.29, 1.82) is 0 Å². The van der Waals surface area contributed by atoms with Crippen LogP contribution in [-0.2, 0) is 0 Å². The van der Waals surface area contributed by atoms with Crippen molar-refractivity contribution in [1.82, 2.24) is 0 Å². The van der Waals surface area contributed by atoms with Crippen molar-refractivity contribution in [2.45, 2.75) is 70.2 Å². The van der Waals surface area contributed by atoms with E-state index in [4.69, 9.17) is 0 Å². The van der Waals surface area contributed by atoms with Crippen LogP contribution < -0.4 is 0 Å². The number of fused-ring (bicyclic) bond motifs is 2.